The van der Waals surface area contributed by atoms with Gasteiger partial charge in [-0.1, -0.05) is 0 Å². The molecule has 0 saturated carbocycles. The number of nitrogens with two attached hydrogens (primary N) is 2. The lowest BCUT2D eigenvalue weighted by Crippen LogP contribution is -2.37. The van der Waals surface area contributed by atoms with Gasteiger partial charge < -0.3 is 16.2 Å². The van der Waals surface area contributed by atoms with Gasteiger partial charge in [0.1, 0.15) is 11.6 Å². The van der Waals surface area contributed by atoms with Gasteiger partial charge in [0.2, 0.25) is 0 Å². The first kappa shape index (κ1) is 14.4. The SMILES string of the molecule is CC(N)CCCC(N)C(=O)OC(C)(C)C. The Morgan fingerprint density at radius 1 is 1.27 bits per heavy atom. The number of hydrogen-bond donors (Lipinski definition) is 2. The van der Waals surface area contributed by atoms with E-state index in [4.69, 9.17) is 16.2 Å². The van der Waals surface area contributed by atoms with Crippen LogP contribution in [0.2, 0.25) is 0 Å². The summed E-state index contributed by atoms with van der Waals surface area (Å²) in [5, 5.41) is 0. The predicted molar refractivity (Wildman–Crippen MR) is 61.3 cm³/mol. The smallest absolute Gasteiger partial charge is 0.323 e. The van der Waals surface area contributed by atoms with Gasteiger partial charge in [-0.25, -0.2) is 0 Å². The van der Waals surface area contributed by atoms with E-state index >= 15 is 0 Å². The van der Waals surface area contributed by atoms with Crippen molar-refractivity contribution in [3.05, 3.63) is 0 Å². The van der Waals surface area contributed by atoms with Crippen LogP contribution in [0.5, 0.6) is 0 Å². The van der Waals surface area contributed by atoms with Gasteiger partial charge in [-0.15, -0.1) is 0 Å². The summed E-state index contributed by atoms with van der Waals surface area (Å²) in [6.45, 7) is 7.44. The highest BCUT2D eigenvalue weighted by atomic mass is 16.6. The largest absolute Gasteiger partial charge is 0.459 e. The Kier molecular flexibility index (Phi) is 5.83. The zero-order chi connectivity index (χ0) is 12.1. The number of rotatable bonds is 5. The van der Waals surface area contributed by atoms with Gasteiger partial charge in [-0.05, 0) is 47.0 Å². The molecule has 4 N–H and O–H groups in total. The lowest BCUT2D eigenvalue weighted by atomic mass is 10.1. The van der Waals surface area contributed by atoms with Crippen molar-refractivity contribution in [3.63, 3.8) is 0 Å². The highest BCUT2D eigenvalue weighted by Crippen LogP contribution is 2.10. The van der Waals surface area contributed by atoms with Crippen LogP contribution in [0.1, 0.15) is 47.0 Å². The lowest BCUT2D eigenvalue weighted by molar-refractivity contribution is -0.156. The molecule has 0 aliphatic rings. The van der Waals surface area contributed by atoms with E-state index < -0.39 is 11.6 Å². The molecule has 0 fully saturated rings. The molecule has 2 atom stereocenters. The van der Waals surface area contributed by atoms with E-state index in [9.17, 15) is 4.79 Å². The van der Waals surface area contributed by atoms with Crippen molar-refractivity contribution in [3.8, 4) is 0 Å². The fourth-order valence-corrected chi connectivity index (χ4v) is 1.16. The first-order chi connectivity index (χ1) is 6.72. The molecule has 0 heterocycles. The van der Waals surface area contributed by atoms with Gasteiger partial charge in [-0.3, -0.25) is 4.79 Å². The minimum Gasteiger partial charge on any atom is -0.459 e. The standard InChI is InChI=1S/C11H24N2O2/c1-8(12)6-5-7-9(13)10(14)15-11(2,3)4/h8-9H,5-7,12-13H2,1-4H3. The van der Waals surface area contributed by atoms with Gasteiger partial charge >= 0.3 is 5.97 Å². The molecule has 0 spiro atoms. The molecule has 0 aliphatic carbocycles. The summed E-state index contributed by atoms with van der Waals surface area (Å²) in [5.74, 6) is -0.327. The van der Waals surface area contributed by atoms with Gasteiger partial charge in [-0.2, -0.15) is 0 Å². The highest BCUT2D eigenvalue weighted by Gasteiger charge is 2.21. The van der Waals surface area contributed by atoms with Crippen LogP contribution in [0.4, 0.5) is 0 Å². The topological polar surface area (TPSA) is 78.3 Å². The molecule has 0 saturated heterocycles. The molecule has 2 unspecified atom stereocenters. The van der Waals surface area contributed by atoms with Crippen molar-refractivity contribution in [1.82, 2.24) is 0 Å². The van der Waals surface area contributed by atoms with E-state index in [1.165, 1.54) is 0 Å². The normalized spacial score (nSPS) is 15.9. The summed E-state index contributed by atoms with van der Waals surface area (Å²) >= 11 is 0. The molecular formula is C11H24N2O2. The molecule has 0 aliphatic heterocycles. The van der Waals surface area contributed by atoms with Crippen molar-refractivity contribution < 1.29 is 9.53 Å². The third-order valence-electron chi connectivity index (χ3n) is 1.88. The summed E-state index contributed by atoms with van der Waals surface area (Å²) in [7, 11) is 0. The molecule has 4 nitrogen and oxygen atoms in total. The Bertz CT molecular complexity index is 197. The Morgan fingerprint density at radius 3 is 2.20 bits per heavy atom. The van der Waals surface area contributed by atoms with Gasteiger partial charge in [0.25, 0.3) is 0 Å². The molecule has 4 heteroatoms. The number of hydrogen-bond acceptors (Lipinski definition) is 4. The molecule has 0 bridgehead atoms. The average Bonchev–Trinajstić information content (AvgIpc) is 1.99. The first-order valence-corrected chi connectivity index (χ1v) is 5.46. The second-order valence-electron chi connectivity index (χ2n) is 5.05. The van der Waals surface area contributed by atoms with Crippen molar-refractivity contribution in [2.45, 2.75) is 64.6 Å². The second kappa shape index (κ2) is 6.08. The van der Waals surface area contributed by atoms with Crippen LogP contribution in [0, 0.1) is 0 Å². The van der Waals surface area contributed by atoms with Crippen LogP contribution in [-0.4, -0.2) is 23.7 Å². The Labute approximate surface area is 92.3 Å². The quantitative estimate of drug-likeness (QED) is 0.676. The van der Waals surface area contributed by atoms with Crippen molar-refractivity contribution in [1.29, 1.82) is 0 Å². The van der Waals surface area contributed by atoms with E-state index in [0.717, 1.165) is 12.8 Å². The van der Waals surface area contributed by atoms with Crippen molar-refractivity contribution in [2.24, 2.45) is 11.5 Å². The van der Waals surface area contributed by atoms with Gasteiger partial charge in [0.05, 0.1) is 0 Å². The predicted octanol–water partition coefficient (Wildman–Crippen LogP) is 1.17. The maximum atomic E-state index is 11.5. The Hall–Kier alpha value is -0.610. The van der Waals surface area contributed by atoms with E-state index in [1.807, 2.05) is 27.7 Å². The van der Waals surface area contributed by atoms with Crippen LogP contribution < -0.4 is 11.5 Å². The molecule has 0 aromatic carbocycles. The van der Waals surface area contributed by atoms with Crippen molar-refractivity contribution in [2.75, 3.05) is 0 Å². The number of carbonyl (C=O) groups is 1. The minimum atomic E-state index is -0.525. The third kappa shape index (κ3) is 8.39. The number of ether oxygens (including phenoxy) is 1. The fourth-order valence-electron chi connectivity index (χ4n) is 1.16. The molecule has 0 radical (unpaired) electrons. The Balaban J connectivity index is 3.80. The van der Waals surface area contributed by atoms with E-state index in [-0.39, 0.29) is 12.0 Å². The highest BCUT2D eigenvalue weighted by molar-refractivity contribution is 5.75. The van der Waals surface area contributed by atoms with Gasteiger partial charge in [0, 0.05) is 6.04 Å². The van der Waals surface area contributed by atoms with Crippen LogP contribution >= 0.6 is 0 Å². The number of esters is 1. The fraction of sp³-hybridized carbons (Fsp3) is 0.909. The monoisotopic (exact) mass is 216 g/mol. The molecule has 15 heavy (non-hydrogen) atoms. The summed E-state index contributed by atoms with van der Waals surface area (Å²) < 4.78 is 5.16. The van der Waals surface area contributed by atoms with Crippen LogP contribution in [0.3, 0.4) is 0 Å². The second-order valence-corrected chi connectivity index (χ2v) is 5.05. The maximum Gasteiger partial charge on any atom is 0.323 e. The minimum absolute atomic E-state index is 0.163. The first-order valence-electron chi connectivity index (χ1n) is 5.46. The molecule has 0 aromatic heterocycles. The van der Waals surface area contributed by atoms with Crippen LogP contribution in [0.25, 0.3) is 0 Å². The molecule has 90 valence electrons. The van der Waals surface area contributed by atoms with Crippen molar-refractivity contribution >= 4 is 5.97 Å². The zero-order valence-corrected chi connectivity index (χ0v) is 10.2. The zero-order valence-electron chi connectivity index (χ0n) is 10.2. The van der Waals surface area contributed by atoms with E-state index in [0.29, 0.717) is 6.42 Å². The lowest BCUT2D eigenvalue weighted by Gasteiger charge is -2.22. The van der Waals surface area contributed by atoms with E-state index in [1.54, 1.807) is 0 Å². The molecule has 0 amide bonds. The summed E-state index contributed by atoms with van der Waals surface area (Å²) in [6.07, 6.45) is 2.38. The summed E-state index contributed by atoms with van der Waals surface area (Å²) in [6, 6.07) is -0.362. The van der Waals surface area contributed by atoms with Crippen LogP contribution in [0.15, 0.2) is 0 Å². The van der Waals surface area contributed by atoms with E-state index in [2.05, 4.69) is 0 Å². The average molecular weight is 216 g/mol. The number of carbonyl (C=O) groups excluding carboxylic acids is 1. The summed E-state index contributed by atoms with van der Waals surface area (Å²) in [4.78, 5) is 11.5. The molecule has 0 rings (SSSR count). The van der Waals surface area contributed by atoms with Gasteiger partial charge in [0.15, 0.2) is 0 Å². The molecule has 0 aromatic rings. The molecular weight excluding hydrogens is 192 g/mol. The van der Waals surface area contributed by atoms with Crippen LogP contribution in [-0.2, 0) is 9.53 Å². The summed E-state index contributed by atoms with van der Waals surface area (Å²) in [5.41, 5.74) is 10.8. The maximum absolute atomic E-state index is 11.5. The Morgan fingerprint density at radius 2 is 1.80 bits per heavy atom. The third-order valence-corrected chi connectivity index (χ3v) is 1.88.